The highest BCUT2D eigenvalue weighted by atomic mass is 32.1. The summed E-state index contributed by atoms with van der Waals surface area (Å²) in [6, 6.07) is 11.9. The van der Waals surface area contributed by atoms with Gasteiger partial charge in [-0.25, -0.2) is 9.97 Å². The fourth-order valence-corrected chi connectivity index (χ4v) is 4.55. The second-order valence-electron chi connectivity index (χ2n) is 7.90. The van der Waals surface area contributed by atoms with Gasteiger partial charge in [0, 0.05) is 19.3 Å². The van der Waals surface area contributed by atoms with Crippen LogP contribution in [0.15, 0.2) is 72.7 Å². The SMILES string of the molecule is C=C(/C(C)=C\C)C(C)Oc1cc(-n2cnc3cc(-c4ccnc(NC)c4)ccc32)sc1C(N)=O. The summed E-state index contributed by atoms with van der Waals surface area (Å²) in [6.45, 7) is 9.95. The average Bonchev–Trinajstić information content (AvgIpc) is 3.46. The first-order chi connectivity index (χ1) is 16.3. The van der Waals surface area contributed by atoms with Crippen LogP contribution in [0, 0.1) is 0 Å². The Bertz CT molecular complexity index is 1420. The van der Waals surface area contributed by atoms with Crippen molar-refractivity contribution in [3.05, 3.63) is 77.6 Å². The first kappa shape index (κ1) is 23.3. The summed E-state index contributed by atoms with van der Waals surface area (Å²) in [5.74, 6) is 0.714. The molecule has 1 unspecified atom stereocenters. The fourth-order valence-electron chi connectivity index (χ4n) is 3.62. The number of allylic oxidation sites excluding steroid dienone is 1. The normalized spacial score (nSPS) is 12.5. The minimum atomic E-state index is -0.531. The molecule has 0 aliphatic carbocycles. The van der Waals surface area contributed by atoms with Crippen LogP contribution >= 0.6 is 11.3 Å². The van der Waals surface area contributed by atoms with E-state index in [1.807, 2.05) is 74.9 Å². The van der Waals surface area contributed by atoms with Crippen LogP contribution < -0.4 is 15.8 Å². The molecule has 1 atom stereocenters. The van der Waals surface area contributed by atoms with Crippen molar-refractivity contribution in [2.24, 2.45) is 5.73 Å². The summed E-state index contributed by atoms with van der Waals surface area (Å²) in [6.07, 6.45) is 5.19. The highest BCUT2D eigenvalue weighted by Crippen LogP contribution is 2.35. The summed E-state index contributed by atoms with van der Waals surface area (Å²) in [4.78, 5) is 21.4. The summed E-state index contributed by atoms with van der Waals surface area (Å²) in [5, 5.41) is 3.85. The third-order valence-electron chi connectivity index (χ3n) is 5.78. The number of primary amides is 1. The Morgan fingerprint density at radius 2 is 2.00 bits per heavy atom. The van der Waals surface area contributed by atoms with Crippen LogP contribution in [0.4, 0.5) is 5.82 Å². The van der Waals surface area contributed by atoms with Crippen LogP contribution in [0.25, 0.3) is 27.2 Å². The molecular weight excluding hydrogens is 446 g/mol. The van der Waals surface area contributed by atoms with Crippen molar-refractivity contribution < 1.29 is 9.53 Å². The number of carbonyl (C=O) groups is 1. The third kappa shape index (κ3) is 4.45. The predicted octanol–water partition coefficient (Wildman–Crippen LogP) is 5.58. The smallest absolute Gasteiger partial charge is 0.262 e. The standard InChI is InChI=1S/C26H27N5O2S/c1-6-15(2)16(3)17(4)33-22-13-24(34-25(22)26(27)32)31-14-30-20-11-18(7-8-21(20)31)19-9-10-29-23(12-19)28-5/h6-14,17H,3H2,1-2,4-5H3,(H2,27,32)(H,28,29)/b15-6-. The van der Waals surface area contributed by atoms with Crippen molar-refractivity contribution in [1.82, 2.24) is 14.5 Å². The van der Waals surface area contributed by atoms with Crippen molar-refractivity contribution >= 4 is 34.1 Å². The number of ether oxygens (including phenoxy) is 1. The van der Waals surface area contributed by atoms with Gasteiger partial charge < -0.3 is 15.8 Å². The molecule has 4 aromatic rings. The van der Waals surface area contributed by atoms with Gasteiger partial charge in [-0.15, -0.1) is 11.3 Å². The second kappa shape index (κ2) is 9.52. The average molecular weight is 474 g/mol. The number of thiophene rings is 1. The van der Waals surface area contributed by atoms with Gasteiger partial charge >= 0.3 is 0 Å². The van der Waals surface area contributed by atoms with Crippen molar-refractivity contribution in [2.75, 3.05) is 12.4 Å². The molecule has 174 valence electrons. The molecule has 3 N–H and O–H groups in total. The van der Waals surface area contributed by atoms with E-state index in [4.69, 9.17) is 10.5 Å². The molecule has 0 saturated carbocycles. The molecule has 4 rings (SSSR count). The number of rotatable bonds is 8. The van der Waals surface area contributed by atoms with Crippen molar-refractivity contribution in [3.63, 3.8) is 0 Å². The summed E-state index contributed by atoms with van der Waals surface area (Å²) >= 11 is 1.28. The molecule has 0 aliphatic rings. The number of nitrogens with two attached hydrogens (primary N) is 1. The van der Waals surface area contributed by atoms with E-state index in [9.17, 15) is 4.79 Å². The van der Waals surface area contributed by atoms with Gasteiger partial charge in [0.15, 0.2) is 0 Å². The lowest BCUT2D eigenvalue weighted by molar-refractivity contribution is 0.0999. The zero-order chi connectivity index (χ0) is 24.4. The molecule has 1 amide bonds. The summed E-state index contributed by atoms with van der Waals surface area (Å²) in [7, 11) is 1.84. The van der Waals surface area contributed by atoms with Crippen LogP contribution in [-0.2, 0) is 0 Å². The van der Waals surface area contributed by atoms with Gasteiger partial charge in [0.05, 0.1) is 11.0 Å². The maximum absolute atomic E-state index is 12.1. The maximum Gasteiger partial charge on any atom is 0.262 e. The summed E-state index contributed by atoms with van der Waals surface area (Å²) < 4.78 is 8.04. The van der Waals surface area contributed by atoms with Gasteiger partial charge in [-0.1, -0.05) is 18.7 Å². The van der Waals surface area contributed by atoms with E-state index < -0.39 is 5.91 Å². The van der Waals surface area contributed by atoms with E-state index in [0.29, 0.717) is 10.6 Å². The lowest BCUT2D eigenvalue weighted by Crippen LogP contribution is -2.17. The molecule has 3 aromatic heterocycles. The minimum Gasteiger partial charge on any atom is -0.484 e. The molecule has 0 bridgehead atoms. The number of imidazole rings is 1. The third-order valence-corrected chi connectivity index (χ3v) is 6.91. The van der Waals surface area contributed by atoms with Crippen molar-refractivity contribution in [3.8, 4) is 21.9 Å². The van der Waals surface area contributed by atoms with Gasteiger partial charge in [0.1, 0.15) is 33.9 Å². The Morgan fingerprint density at radius 1 is 1.24 bits per heavy atom. The number of pyridine rings is 1. The summed E-state index contributed by atoms with van der Waals surface area (Å²) in [5.41, 5.74) is 11.4. The van der Waals surface area contributed by atoms with Crippen molar-refractivity contribution in [2.45, 2.75) is 26.9 Å². The molecule has 0 radical (unpaired) electrons. The predicted molar refractivity (Wildman–Crippen MR) is 139 cm³/mol. The lowest BCUT2D eigenvalue weighted by Gasteiger charge is -2.17. The molecule has 0 fully saturated rings. The number of nitrogens with one attached hydrogen (secondary N) is 1. The molecule has 3 heterocycles. The topological polar surface area (TPSA) is 95.1 Å². The number of anilines is 1. The Hall–Kier alpha value is -3.91. The zero-order valence-corrected chi connectivity index (χ0v) is 20.4. The minimum absolute atomic E-state index is 0.304. The molecule has 0 aliphatic heterocycles. The van der Waals surface area contributed by atoms with Crippen LogP contribution in [0.1, 0.15) is 30.4 Å². The highest BCUT2D eigenvalue weighted by Gasteiger charge is 2.21. The van der Waals surface area contributed by atoms with Gasteiger partial charge in [-0.2, -0.15) is 0 Å². The number of benzene rings is 1. The van der Waals surface area contributed by atoms with Gasteiger partial charge in [0.25, 0.3) is 5.91 Å². The second-order valence-corrected chi connectivity index (χ2v) is 8.93. The Kier molecular flexibility index (Phi) is 6.51. The van der Waals surface area contributed by atoms with Crippen LogP contribution in [-0.4, -0.2) is 33.6 Å². The molecule has 1 aromatic carbocycles. The number of hydrogen-bond acceptors (Lipinski definition) is 6. The quantitative estimate of drug-likeness (QED) is 0.326. The van der Waals surface area contributed by atoms with E-state index in [1.165, 1.54) is 11.3 Å². The van der Waals surface area contributed by atoms with E-state index in [2.05, 4.69) is 21.9 Å². The molecule has 8 heteroatoms. The first-order valence-corrected chi connectivity index (χ1v) is 11.7. The van der Waals surface area contributed by atoms with Gasteiger partial charge in [-0.05, 0) is 67.3 Å². The zero-order valence-electron chi connectivity index (χ0n) is 19.6. The maximum atomic E-state index is 12.1. The van der Waals surface area contributed by atoms with E-state index in [-0.39, 0.29) is 6.10 Å². The first-order valence-electron chi connectivity index (χ1n) is 10.9. The Labute approximate surface area is 202 Å². The highest BCUT2D eigenvalue weighted by molar-refractivity contribution is 7.16. The van der Waals surface area contributed by atoms with Crippen molar-refractivity contribution in [1.29, 1.82) is 0 Å². The number of hydrogen-bond donors (Lipinski definition) is 2. The lowest BCUT2D eigenvalue weighted by atomic mass is 10.1. The van der Waals surface area contributed by atoms with E-state index >= 15 is 0 Å². The van der Waals surface area contributed by atoms with Gasteiger partial charge in [-0.3, -0.25) is 9.36 Å². The van der Waals surface area contributed by atoms with Gasteiger partial charge in [0.2, 0.25) is 0 Å². The largest absolute Gasteiger partial charge is 0.484 e. The van der Waals surface area contributed by atoms with E-state index in [0.717, 1.165) is 44.1 Å². The number of amides is 1. The molecule has 7 nitrogen and oxygen atoms in total. The Morgan fingerprint density at radius 3 is 2.71 bits per heavy atom. The number of nitrogens with zero attached hydrogens (tertiary/aromatic N) is 3. The van der Waals surface area contributed by atoms with Crippen LogP contribution in [0.3, 0.4) is 0 Å². The molecule has 34 heavy (non-hydrogen) atoms. The number of carbonyl (C=O) groups excluding carboxylic acids is 1. The van der Waals surface area contributed by atoms with E-state index in [1.54, 1.807) is 12.5 Å². The number of aromatic nitrogens is 3. The van der Waals surface area contributed by atoms with Crippen LogP contribution in [0.2, 0.25) is 0 Å². The molecule has 0 spiro atoms. The van der Waals surface area contributed by atoms with Crippen LogP contribution in [0.5, 0.6) is 5.75 Å². The monoisotopic (exact) mass is 473 g/mol. The molecular formula is C26H27N5O2S. The number of fused-ring (bicyclic) bond motifs is 1. The molecule has 0 saturated heterocycles. The Balaban J connectivity index is 1.69. The fraction of sp³-hybridized carbons (Fsp3) is 0.192.